The van der Waals surface area contributed by atoms with Crippen LogP contribution in [0.5, 0.6) is 0 Å². The molecular weight excluding hydrogens is 255 g/mol. The van der Waals surface area contributed by atoms with Crippen LogP contribution in [0.25, 0.3) is 0 Å². The second-order valence-corrected chi connectivity index (χ2v) is 5.45. The molecule has 1 rings (SSSR count). The van der Waals surface area contributed by atoms with E-state index >= 15 is 0 Å². The van der Waals surface area contributed by atoms with Gasteiger partial charge in [-0.05, 0) is 51.7 Å². The predicted octanol–water partition coefficient (Wildman–Crippen LogP) is 3.59. The van der Waals surface area contributed by atoms with Gasteiger partial charge in [0.15, 0.2) is 0 Å². The largest absolute Gasteiger partial charge is 0.309 e. The maximum Gasteiger partial charge on any atom is 0.0454 e. The average molecular weight is 275 g/mol. The third-order valence-electron chi connectivity index (χ3n) is 3.03. The Balaban J connectivity index is 2.63. The minimum Gasteiger partial charge on any atom is -0.309 e. The highest BCUT2D eigenvalue weighted by molar-refractivity contribution is 6.33. The molecule has 0 bridgehead atoms. The molecular formula is C13H20Cl2N2. The quantitative estimate of drug-likeness (QED) is 0.883. The van der Waals surface area contributed by atoms with Crippen LogP contribution in [-0.2, 0) is 0 Å². The van der Waals surface area contributed by atoms with Gasteiger partial charge in [-0.25, -0.2) is 0 Å². The molecule has 0 aliphatic carbocycles. The molecule has 2 unspecified atom stereocenters. The molecule has 0 fully saturated rings. The van der Waals surface area contributed by atoms with Crippen molar-refractivity contribution in [3.05, 3.63) is 33.8 Å². The zero-order valence-corrected chi connectivity index (χ0v) is 12.3. The third kappa shape index (κ3) is 4.47. The van der Waals surface area contributed by atoms with Crippen molar-refractivity contribution in [1.82, 2.24) is 10.2 Å². The monoisotopic (exact) mass is 274 g/mol. The molecule has 4 heteroatoms. The van der Waals surface area contributed by atoms with Crippen LogP contribution < -0.4 is 5.32 Å². The minimum absolute atomic E-state index is 0.198. The van der Waals surface area contributed by atoms with Crippen LogP contribution in [-0.4, -0.2) is 31.6 Å². The Morgan fingerprint density at radius 3 is 2.47 bits per heavy atom. The van der Waals surface area contributed by atoms with Crippen molar-refractivity contribution < 1.29 is 0 Å². The van der Waals surface area contributed by atoms with E-state index in [-0.39, 0.29) is 6.04 Å². The highest BCUT2D eigenvalue weighted by Gasteiger charge is 2.12. The van der Waals surface area contributed by atoms with E-state index in [9.17, 15) is 0 Å². The molecule has 96 valence electrons. The molecule has 0 radical (unpaired) electrons. The molecule has 0 aromatic heterocycles. The van der Waals surface area contributed by atoms with Crippen molar-refractivity contribution >= 4 is 23.2 Å². The van der Waals surface area contributed by atoms with E-state index in [1.54, 1.807) is 0 Å². The summed E-state index contributed by atoms with van der Waals surface area (Å²) >= 11 is 12.1. The Hall–Kier alpha value is -0.280. The Labute approximate surface area is 114 Å². The Morgan fingerprint density at radius 2 is 1.88 bits per heavy atom. The molecule has 1 aromatic rings. The van der Waals surface area contributed by atoms with E-state index in [1.165, 1.54) is 0 Å². The van der Waals surface area contributed by atoms with Gasteiger partial charge in [-0.1, -0.05) is 23.2 Å². The second kappa shape index (κ2) is 6.60. The molecule has 0 aliphatic rings. The average Bonchev–Trinajstić information content (AvgIpc) is 2.28. The second-order valence-electron chi connectivity index (χ2n) is 4.61. The fourth-order valence-corrected chi connectivity index (χ4v) is 1.95. The number of nitrogens with one attached hydrogen (secondary N) is 1. The van der Waals surface area contributed by atoms with Crippen LogP contribution in [0.4, 0.5) is 0 Å². The number of nitrogens with zero attached hydrogens (tertiary/aromatic N) is 1. The maximum atomic E-state index is 6.16. The lowest BCUT2D eigenvalue weighted by Crippen LogP contribution is -2.36. The van der Waals surface area contributed by atoms with E-state index in [2.05, 4.69) is 38.2 Å². The van der Waals surface area contributed by atoms with E-state index in [0.717, 1.165) is 22.2 Å². The van der Waals surface area contributed by atoms with Gasteiger partial charge in [-0.15, -0.1) is 0 Å². The summed E-state index contributed by atoms with van der Waals surface area (Å²) in [5, 5.41) is 4.94. The smallest absolute Gasteiger partial charge is 0.0454 e. The number of hydrogen-bond acceptors (Lipinski definition) is 2. The zero-order valence-electron chi connectivity index (χ0n) is 10.8. The maximum absolute atomic E-state index is 6.16. The number of benzene rings is 1. The Morgan fingerprint density at radius 1 is 1.24 bits per heavy atom. The first-order valence-corrected chi connectivity index (χ1v) is 6.52. The number of rotatable bonds is 5. The predicted molar refractivity (Wildman–Crippen MR) is 76.0 cm³/mol. The van der Waals surface area contributed by atoms with Gasteiger partial charge in [-0.2, -0.15) is 0 Å². The van der Waals surface area contributed by atoms with Gasteiger partial charge in [-0.3, -0.25) is 0 Å². The summed E-state index contributed by atoms with van der Waals surface area (Å²) in [6.07, 6.45) is 0. The van der Waals surface area contributed by atoms with E-state index in [0.29, 0.717) is 6.04 Å². The standard InChI is InChI=1S/C13H20Cl2N2/c1-9(17(3)4)8-16-10(2)12-7-11(14)5-6-13(12)15/h5-7,9-10,16H,8H2,1-4H3. The topological polar surface area (TPSA) is 15.3 Å². The van der Waals surface area contributed by atoms with Crippen LogP contribution in [0.15, 0.2) is 18.2 Å². The van der Waals surface area contributed by atoms with Crippen LogP contribution in [0, 0.1) is 0 Å². The summed E-state index contributed by atoms with van der Waals surface area (Å²) in [7, 11) is 4.15. The lowest BCUT2D eigenvalue weighted by Gasteiger charge is -2.23. The number of likely N-dealkylation sites (N-methyl/N-ethyl adjacent to an activating group) is 1. The van der Waals surface area contributed by atoms with Crippen molar-refractivity contribution in [1.29, 1.82) is 0 Å². The summed E-state index contributed by atoms with van der Waals surface area (Å²) in [5.41, 5.74) is 1.05. The molecule has 17 heavy (non-hydrogen) atoms. The van der Waals surface area contributed by atoms with Gasteiger partial charge in [0.05, 0.1) is 0 Å². The van der Waals surface area contributed by atoms with Gasteiger partial charge < -0.3 is 10.2 Å². The van der Waals surface area contributed by atoms with E-state index < -0.39 is 0 Å². The lowest BCUT2D eigenvalue weighted by atomic mass is 10.1. The highest BCUT2D eigenvalue weighted by atomic mass is 35.5. The molecule has 1 aromatic carbocycles. The Kier molecular flexibility index (Phi) is 5.74. The minimum atomic E-state index is 0.198. The molecule has 0 saturated heterocycles. The van der Waals surface area contributed by atoms with Gasteiger partial charge >= 0.3 is 0 Å². The molecule has 0 amide bonds. The van der Waals surface area contributed by atoms with E-state index in [4.69, 9.17) is 23.2 Å². The van der Waals surface area contributed by atoms with Crippen molar-refractivity contribution in [2.75, 3.05) is 20.6 Å². The first-order valence-electron chi connectivity index (χ1n) is 5.76. The molecule has 0 spiro atoms. The molecule has 0 heterocycles. The van der Waals surface area contributed by atoms with Crippen molar-refractivity contribution in [2.45, 2.75) is 25.9 Å². The highest BCUT2D eigenvalue weighted by Crippen LogP contribution is 2.26. The normalized spacial score (nSPS) is 15.0. The molecule has 0 aliphatic heterocycles. The van der Waals surface area contributed by atoms with Gasteiger partial charge in [0, 0.05) is 28.7 Å². The summed E-state index contributed by atoms with van der Waals surface area (Å²) in [5.74, 6) is 0. The molecule has 2 nitrogen and oxygen atoms in total. The summed E-state index contributed by atoms with van der Waals surface area (Å²) < 4.78 is 0. The van der Waals surface area contributed by atoms with Crippen LogP contribution in [0.1, 0.15) is 25.5 Å². The van der Waals surface area contributed by atoms with Crippen LogP contribution >= 0.6 is 23.2 Å². The molecule has 0 saturated carbocycles. The first kappa shape index (κ1) is 14.8. The SMILES string of the molecule is CC(NCC(C)N(C)C)c1cc(Cl)ccc1Cl. The fourth-order valence-electron chi connectivity index (χ4n) is 1.49. The Bertz CT molecular complexity index is 366. The zero-order chi connectivity index (χ0) is 13.0. The molecule has 2 atom stereocenters. The first-order chi connectivity index (χ1) is 7.91. The third-order valence-corrected chi connectivity index (χ3v) is 3.60. The van der Waals surface area contributed by atoms with Crippen molar-refractivity contribution in [3.63, 3.8) is 0 Å². The summed E-state index contributed by atoms with van der Waals surface area (Å²) in [6.45, 7) is 5.19. The summed E-state index contributed by atoms with van der Waals surface area (Å²) in [6, 6.07) is 6.25. The number of halogens is 2. The lowest BCUT2D eigenvalue weighted by molar-refractivity contribution is 0.296. The van der Waals surface area contributed by atoms with E-state index in [1.807, 2.05) is 18.2 Å². The van der Waals surface area contributed by atoms with Crippen LogP contribution in [0.2, 0.25) is 10.0 Å². The van der Waals surface area contributed by atoms with Gasteiger partial charge in [0.25, 0.3) is 0 Å². The van der Waals surface area contributed by atoms with Crippen LogP contribution in [0.3, 0.4) is 0 Å². The van der Waals surface area contributed by atoms with Gasteiger partial charge in [0.2, 0.25) is 0 Å². The van der Waals surface area contributed by atoms with Crippen molar-refractivity contribution in [3.8, 4) is 0 Å². The molecule has 1 N–H and O–H groups in total. The van der Waals surface area contributed by atoms with Crippen molar-refractivity contribution in [2.24, 2.45) is 0 Å². The summed E-state index contributed by atoms with van der Waals surface area (Å²) in [4.78, 5) is 2.18. The number of hydrogen-bond donors (Lipinski definition) is 1. The van der Waals surface area contributed by atoms with Gasteiger partial charge in [0.1, 0.15) is 0 Å². The fraction of sp³-hybridized carbons (Fsp3) is 0.538.